The van der Waals surface area contributed by atoms with E-state index < -0.39 is 0 Å². The molecule has 0 aliphatic carbocycles. The van der Waals surface area contributed by atoms with Crippen molar-refractivity contribution < 1.29 is 4.79 Å². The molecular weight excluding hydrogens is 262 g/mol. The van der Waals surface area contributed by atoms with E-state index in [1.165, 1.54) is 18.4 Å². The molecule has 0 spiro atoms. The third-order valence-corrected chi connectivity index (χ3v) is 4.56. The second-order valence-corrected chi connectivity index (χ2v) is 6.04. The van der Waals surface area contributed by atoms with Crippen LogP contribution in [0.4, 0.5) is 0 Å². The second-order valence-electron chi connectivity index (χ2n) is 6.04. The Morgan fingerprint density at radius 1 is 1.10 bits per heavy atom. The van der Waals surface area contributed by atoms with Gasteiger partial charge in [0.2, 0.25) is 5.91 Å². The number of likely N-dealkylation sites (tertiary alicyclic amines) is 1. The van der Waals surface area contributed by atoms with Gasteiger partial charge in [0, 0.05) is 32.7 Å². The first kappa shape index (κ1) is 14.5. The molecule has 1 unspecified atom stereocenters. The minimum absolute atomic E-state index is 0.0806. The Morgan fingerprint density at radius 3 is 2.62 bits per heavy atom. The van der Waals surface area contributed by atoms with Crippen molar-refractivity contribution in [3.8, 4) is 0 Å². The molecule has 0 radical (unpaired) electrons. The maximum atomic E-state index is 12.8. The number of amides is 1. The molecule has 1 N–H and O–H groups in total. The van der Waals surface area contributed by atoms with Crippen LogP contribution in [-0.4, -0.2) is 54.5 Å². The lowest BCUT2D eigenvalue weighted by Crippen LogP contribution is -2.55. The van der Waals surface area contributed by atoms with Crippen LogP contribution in [0.1, 0.15) is 24.8 Å². The summed E-state index contributed by atoms with van der Waals surface area (Å²) in [6.45, 7) is 5.50. The van der Waals surface area contributed by atoms with Crippen LogP contribution in [0.2, 0.25) is 0 Å². The van der Waals surface area contributed by atoms with E-state index in [0.717, 1.165) is 45.7 Å². The molecule has 1 aromatic rings. The first-order chi connectivity index (χ1) is 10.3. The average Bonchev–Trinajstić information content (AvgIpc) is 2.56. The molecule has 1 atom stereocenters. The molecule has 1 aromatic carbocycles. The van der Waals surface area contributed by atoms with Crippen molar-refractivity contribution in [1.82, 2.24) is 15.1 Å². The number of piperazine rings is 1. The van der Waals surface area contributed by atoms with Gasteiger partial charge in [-0.05, 0) is 24.9 Å². The van der Waals surface area contributed by atoms with Crippen molar-refractivity contribution in [2.24, 2.45) is 0 Å². The zero-order valence-corrected chi connectivity index (χ0v) is 12.6. The average molecular weight is 287 g/mol. The molecule has 0 bridgehead atoms. The van der Waals surface area contributed by atoms with E-state index in [-0.39, 0.29) is 6.04 Å². The fourth-order valence-electron chi connectivity index (χ4n) is 3.37. The summed E-state index contributed by atoms with van der Waals surface area (Å²) in [4.78, 5) is 17.2. The SMILES string of the molecule is O=C(C1CCCCN1Cc1ccccc1)N1CCNCC1. The van der Waals surface area contributed by atoms with Crippen LogP contribution in [-0.2, 0) is 11.3 Å². The minimum atomic E-state index is 0.0806. The predicted molar refractivity (Wildman–Crippen MR) is 83.9 cm³/mol. The molecule has 2 heterocycles. The van der Waals surface area contributed by atoms with Gasteiger partial charge in [-0.1, -0.05) is 36.8 Å². The summed E-state index contributed by atoms with van der Waals surface area (Å²) < 4.78 is 0. The fraction of sp³-hybridized carbons (Fsp3) is 0.588. The zero-order valence-electron chi connectivity index (χ0n) is 12.6. The van der Waals surface area contributed by atoms with Crippen LogP contribution in [0.25, 0.3) is 0 Å². The van der Waals surface area contributed by atoms with Gasteiger partial charge in [-0.15, -0.1) is 0 Å². The molecule has 4 nitrogen and oxygen atoms in total. The molecule has 2 aliphatic heterocycles. The molecule has 2 aliphatic rings. The molecule has 0 aromatic heterocycles. The first-order valence-corrected chi connectivity index (χ1v) is 8.12. The molecular formula is C17H25N3O. The first-order valence-electron chi connectivity index (χ1n) is 8.12. The summed E-state index contributed by atoms with van der Waals surface area (Å²) >= 11 is 0. The summed E-state index contributed by atoms with van der Waals surface area (Å²) in [6, 6.07) is 10.6. The molecule has 2 fully saturated rings. The highest BCUT2D eigenvalue weighted by Crippen LogP contribution is 2.21. The molecule has 114 valence electrons. The van der Waals surface area contributed by atoms with Crippen molar-refractivity contribution >= 4 is 5.91 Å². The van der Waals surface area contributed by atoms with E-state index in [2.05, 4.69) is 34.5 Å². The van der Waals surface area contributed by atoms with Gasteiger partial charge >= 0.3 is 0 Å². The molecule has 2 saturated heterocycles. The minimum Gasteiger partial charge on any atom is -0.339 e. The number of nitrogens with one attached hydrogen (secondary N) is 1. The van der Waals surface area contributed by atoms with Crippen LogP contribution in [0.15, 0.2) is 30.3 Å². The smallest absolute Gasteiger partial charge is 0.240 e. The van der Waals surface area contributed by atoms with Crippen LogP contribution in [0.5, 0.6) is 0 Å². The zero-order chi connectivity index (χ0) is 14.5. The van der Waals surface area contributed by atoms with E-state index >= 15 is 0 Å². The number of hydrogen-bond acceptors (Lipinski definition) is 3. The summed E-state index contributed by atoms with van der Waals surface area (Å²) in [5, 5.41) is 3.32. The Morgan fingerprint density at radius 2 is 1.86 bits per heavy atom. The van der Waals surface area contributed by atoms with Gasteiger partial charge in [0.15, 0.2) is 0 Å². The summed E-state index contributed by atoms with van der Waals surface area (Å²) in [6.07, 6.45) is 3.39. The normalized spacial score (nSPS) is 24.0. The van der Waals surface area contributed by atoms with Crippen molar-refractivity contribution in [3.05, 3.63) is 35.9 Å². The van der Waals surface area contributed by atoms with Crippen LogP contribution >= 0.6 is 0 Å². The van der Waals surface area contributed by atoms with Crippen molar-refractivity contribution in [1.29, 1.82) is 0 Å². The largest absolute Gasteiger partial charge is 0.339 e. The van der Waals surface area contributed by atoms with E-state index in [4.69, 9.17) is 0 Å². The van der Waals surface area contributed by atoms with Crippen LogP contribution < -0.4 is 5.32 Å². The highest BCUT2D eigenvalue weighted by atomic mass is 16.2. The lowest BCUT2D eigenvalue weighted by Gasteiger charge is -2.39. The lowest BCUT2D eigenvalue weighted by molar-refractivity contribution is -0.139. The quantitative estimate of drug-likeness (QED) is 0.914. The number of rotatable bonds is 3. The van der Waals surface area contributed by atoms with Crippen molar-refractivity contribution in [2.75, 3.05) is 32.7 Å². The Labute approximate surface area is 127 Å². The monoisotopic (exact) mass is 287 g/mol. The molecule has 0 saturated carbocycles. The van der Waals surface area contributed by atoms with Crippen molar-refractivity contribution in [3.63, 3.8) is 0 Å². The van der Waals surface area contributed by atoms with Gasteiger partial charge in [0.25, 0.3) is 0 Å². The highest BCUT2D eigenvalue weighted by Gasteiger charge is 2.32. The topological polar surface area (TPSA) is 35.6 Å². The molecule has 1 amide bonds. The van der Waals surface area contributed by atoms with Gasteiger partial charge < -0.3 is 10.2 Å². The number of piperidine rings is 1. The second kappa shape index (κ2) is 7.05. The third-order valence-electron chi connectivity index (χ3n) is 4.56. The summed E-state index contributed by atoms with van der Waals surface area (Å²) in [7, 11) is 0. The Balaban J connectivity index is 1.67. The maximum Gasteiger partial charge on any atom is 0.240 e. The third kappa shape index (κ3) is 3.63. The Bertz CT molecular complexity index is 456. The standard InChI is InChI=1S/C17H25N3O/c21-17(19-12-9-18-10-13-19)16-8-4-5-11-20(16)14-15-6-2-1-3-7-15/h1-3,6-7,16,18H,4-5,8-14H2. The number of carbonyl (C=O) groups excluding carboxylic acids is 1. The van der Waals surface area contributed by atoms with E-state index in [0.29, 0.717) is 5.91 Å². The number of benzene rings is 1. The van der Waals surface area contributed by atoms with Crippen LogP contribution in [0.3, 0.4) is 0 Å². The van der Waals surface area contributed by atoms with Gasteiger partial charge in [0.05, 0.1) is 6.04 Å². The number of hydrogen-bond donors (Lipinski definition) is 1. The van der Waals surface area contributed by atoms with Gasteiger partial charge in [-0.3, -0.25) is 9.69 Å². The van der Waals surface area contributed by atoms with E-state index in [9.17, 15) is 4.79 Å². The van der Waals surface area contributed by atoms with Crippen LogP contribution in [0, 0.1) is 0 Å². The number of nitrogens with zero attached hydrogens (tertiary/aromatic N) is 2. The maximum absolute atomic E-state index is 12.8. The van der Waals surface area contributed by atoms with Gasteiger partial charge in [-0.25, -0.2) is 0 Å². The summed E-state index contributed by atoms with van der Waals surface area (Å²) in [5.41, 5.74) is 1.30. The Hall–Kier alpha value is -1.39. The van der Waals surface area contributed by atoms with Crippen molar-refractivity contribution in [2.45, 2.75) is 31.8 Å². The fourth-order valence-corrected chi connectivity index (χ4v) is 3.37. The molecule has 4 heteroatoms. The van der Waals surface area contributed by atoms with Gasteiger partial charge in [-0.2, -0.15) is 0 Å². The van der Waals surface area contributed by atoms with E-state index in [1.54, 1.807) is 0 Å². The molecule has 21 heavy (non-hydrogen) atoms. The van der Waals surface area contributed by atoms with Gasteiger partial charge in [0.1, 0.15) is 0 Å². The predicted octanol–water partition coefficient (Wildman–Crippen LogP) is 1.47. The number of carbonyl (C=O) groups is 1. The highest BCUT2D eigenvalue weighted by molar-refractivity contribution is 5.82. The van der Waals surface area contributed by atoms with E-state index in [1.807, 2.05) is 11.0 Å². The summed E-state index contributed by atoms with van der Waals surface area (Å²) in [5.74, 6) is 0.340. The molecule has 3 rings (SSSR count). The Kier molecular flexibility index (Phi) is 4.88. The lowest BCUT2D eigenvalue weighted by atomic mass is 9.99.